The Balaban J connectivity index is 1.86. The van der Waals surface area contributed by atoms with Gasteiger partial charge >= 0.3 is 0 Å². The van der Waals surface area contributed by atoms with E-state index in [1.54, 1.807) is 7.11 Å². The van der Waals surface area contributed by atoms with Crippen LogP contribution >= 0.6 is 0 Å². The molecular formula is C22H17NO2. The topological polar surface area (TPSA) is 38.7 Å². The Labute approximate surface area is 146 Å². The first-order valence-electron chi connectivity index (χ1n) is 8.19. The predicted molar refractivity (Wildman–Crippen MR) is 99.1 cm³/mol. The quantitative estimate of drug-likeness (QED) is 0.693. The third-order valence-electron chi connectivity index (χ3n) is 4.46. The van der Waals surface area contributed by atoms with Crippen molar-refractivity contribution in [2.24, 2.45) is 4.99 Å². The summed E-state index contributed by atoms with van der Waals surface area (Å²) in [5.74, 6) is 0.479. The van der Waals surface area contributed by atoms with E-state index in [9.17, 15) is 4.79 Å². The number of para-hydroxylation sites is 1. The van der Waals surface area contributed by atoms with Crippen molar-refractivity contribution in [1.29, 1.82) is 0 Å². The molecule has 3 aromatic carbocycles. The molecule has 0 bridgehead atoms. The number of ether oxygens (including phenoxy) is 1. The molecule has 4 rings (SSSR count). The largest absolute Gasteiger partial charge is 0.497 e. The predicted octanol–water partition coefficient (Wildman–Crippen LogP) is 4.80. The van der Waals surface area contributed by atoms with Gasteiger partial charge in [-0.2, -0.15) is 0 Å². The first kappa shape index (κ1) is 15.3. The Bertz CT molecular complexity index is 943. The summed E-state index contributed by atoms with van der Waals surface area (Å²) in [7, 11) is 1.63. The molecule has 122 valence electrons. The van der Waals surface area contributed by atoms with Gasteiger partial charge < -0.3 is 4.74 Å². The normalized spacial score (nSPS) is 17.6. The van der Waals surface area contributed by atoms with Crippen molar-refractivity contribution in [3.05, 3.63) is 95.6 Å². The number of carbonyl (C=O) groups is 1. The lowest BCUT2D eigenvalue weighted by Gasteiger charge is -2.12. The summed E-state index contributed by atoms with van der Waals surface area (Å²) < 4.78 is 5.23. The molecule has 1 atom stereocenters. The summed E-state index contributed by atoms with van der Waals surface area (Å²) in [4.78, 5) is 17.9. The molecule has 0 saturated carbocycles. The molecule has 3 aromatic rings. The molecule has 0 aromatic heterocycles. The summed E-state index contributed by atoms with van der Waals surface area (Å²) in [6.07, 6.45) is 0. The number of rotatable bonds is 3. The minimum atomic E-state index is -0.386. The van der Waals surface area contributed by atoms with Crippen LogP contribution in [0.5, 0.6) is 5.75 Å². The van der Waals surface area contributed by atoms with Crippen molar-refractivity contribution in [1.82, 2.24) is 0 Å². The lowest BCUT2D eigenvalue weighted by atomic mass is 9.93. The van der Waals surface area contributed by atoms with Crippen LogP contribution in [0.25, 0.3) is 0 Å². The second-order valence-corrected chi connectivity index (χ2v) is 5.95. The molecule has 1 aliphatic carbocycles. The number of aliphatic imine (C=N–C) groups is 1. The van der Waals surface area contributed by atoms with Crippen LogP contribution in [0.2, 0.25) is 0 Å². The fraction of sp³-hybridized carbons (Fsp3) is 0.0909. The van der Waals surface area contributed by atoms with Crippen LogP contribution in [-0.4, -0.2) is 18.6 Å². The minimum absolute atomic E-state index is 0.0930. The van der Waals surface area contributed by atoms with E-state index in [1.807, 2.05) is 78.9 Å². The van der Waals surface area contributed by atoms with Crippen molar-refractivity contribution in [3.63, 3.8) is 0 Å². The standard InChI is InChI=1S/C22H17NO2/c1-25-17-13-11-15(12-14-17)20-21(23-16-7-3-2-4-8-16)18-9-5-6-10-19(18)22(20)24/h2-14,20H,1H3/t20-/m0/s1. The summed E-state index contributed by atoms with van der Waals surface area (Å²) in [5.41, 5.74) is 4.23. The molecule has 0 fully saturated rings. The average Bonchev–Trinajstić information content (AvgIpc) is 2.95. The van der Waals surface area contributed by atoms with Gasteiger partial charge in [-0.05, 0) is 29.8 Å². The fourth-order valence-corrected chi connectivity index (χ4v) is 3.23. The van der Waals surface area contributed by atoms with Gasteiger partial charge in [0.2, 0.25) is 0 Å². The molecule has 0 N–H and O–H groups in total. The van der Waals surface area contributed by atoms with Crippen LogP contribution in [0.3, 0.4) is 0 Å². The van der Waals surface area contributed by atoms with Crippen molar-refractivity contribution in [2.45, 2.75) is 5.92 Å². The molecule has 25 heavy (non-hydrogen) atoms. The van der Waals surface area contributed by atoms with Gasteiger partial charge in [-0.3, -0.25) is 9.79 Å². The number of nitrogens with zero attached hydrogens (tertiary/aromatic N) is 1. The Morgan fingerprint density at radius 2 is 1.44 bits per heavy atom. The number of ketones is 1. The molecule has 0 unspecified atom stereocenters. The van der Waals surface area contributed by atoms with E-state index in [-0.39, 0.29) is 11.7 Å². The molecule has 0 aliphatic heterocycles. The van der Waals surface area contributed by atoms with Crippen molar-refractivity contribution in [3.8, 4) is 5.75 Å². The number of hydrogen-bond acceptors (Lipinski definition) is 3. The van der Waals surface area contributed by atoms with Crippen LogP contribution in [0.4, 0.5) is 5.69 Å². The highest BCUT2D eigenvalue weighted by Crippen LogP contribution is 2.36. The van der Waals surface area contributed by atoms with Gasteiger partial charge in [-0.25, -0.2) is 0 Å². The summed E-state index contributed by atoms with van der Waals surface area (Å²) >= 11 is 0. The van der Waals surface area contributed by atoms with Crippen molar-refractivity contribution in [2.75, 3.05) is 7.11 Å². The Kier molecular flexibility index (Phi) is 3.90. The number of methoxy groups -OCH3 is 1. The molecule has 0 heterocycles. The van der Waals surface area contributed by atoms with Gasteiger partial charge in [0.25, 0.3) is 0 Å². The van der Waals surface area contributed by atoms with E-state index < -0.39 is 0 Å². The van der Waals surface area contributed by atoms with Crippen LogP contribution in [0, 0.1) is 0 Å². The Morgan fingerprint density at radius 1 is 0.800 bits per heavy atom. The van der Waals surface area contributed by atoms with E-state index in [0.29, 0.717) is 0 Å². The minimum Gasteiger partial charge on any atom is -0.497 e. The molecule has 3 heteroatoms. The maximum Gasteiger partial charge on any atom is 0.176 e. The lowest BCUT2D eigenvalue weighted by molar-refractivity contribution is 0.0988. The molecule has 0 saturated heterocycles. The zero-order valence-electron chi connectivity index (χ0n) is 13.8. The number of hydrogen-bond donors (Lipinski definition) is 0. The highest BCUT2D eigenvalue weighted by molar-refractivity contribution is 6.32. The van der Waals surface area contributed by atoms with Crippen LogP contribution in [0.1, 0.15) is 27.4 Å². The van der Waals surface area contributed by atoms with E-state index in [0.717, 1.165) is 33.8 Å². The van der Waals surface area contributed by atoms with Crippen LogP contribution in [0.15, 0.2) is 83.9 Å². The molecular weight excluding hydrogens is 310 g/mol. The number of benzene rings is 3. The zero-order valence-corrected chi connectivity index (χ0v) is 13.8. The summed E-state index contributed by atoms with van der Waals surface area (Å²) in [5, 5.41) is 0. The van der Waals surface area contributed by atoms with Crippen LogP contribution in [-0.2, 0) is 0 Å². The van der Waals surface area contributed by atoms with Gasteiger partial charge in [-0.1, -0.05) is 54.6 Å². The molecule has 0 amide bonds. The fourth-order valence-electron chi connectivity index (χ4n) is 3.23. The van der Waals surface area contributed by atoms with Crippen molar-refractivity contribution < 1.29 is 9.53 Å². The Morgan fingerprint density at radius 3 is 2.12 bits per heavy atom. The smallest absolute Gasteiger partial charge is 0.176 e. The van der Waals surface area contributed by atoms with Gasteiger partial charge in [0, 0.05) is 11.1 Å². The molecule has 0 radical (unpaired) electrons. The van der Waals surface area contributed by atoms with E-state index in [4.69, 9.17) is 9.73 Å². The van der Waals surface area contributed by atoms with Gasteiger partial charge in [-0.15, -0.1) is 0 Å². The highest BCUT2D eigenvalue weighted by atomic mass is 16.5. The lowest BCUT2D eigenvalue weighted by Crippen LogP contribution is -2.13. The maximum absolute atomic E-state index is 13.0. The second kappa shape index (κ2) is 6.36. The number of carbonyl (C=O) groups excluding carboxylic acids is 1. The Hall–Kier alpha value is -3.20. The summed E-state index contributed by atoms with van der Waals surface area (Å²) in [6, 6.07) is 25.1. The second-order valence-electron chi connectivity index (χ2n) is 5.95. The van der Waals surface area contributed by atoms with E-state index >= 15 is 0 Å². The average molecular weight is 327 g/mol. The van der Waals surface area contributed by atoms with Gasteiger partial charge in [0.15, 0.2) is 5.78 Å². The SMILES string of the molecule is COc1ccc([C@@H]2C(=O)c3ccccc3C2=Nc2ccccc2)cc1. The number of fused-ring (bicyclic) bond motifs is 1. The van der Waals surface area contributed by atoms with E-state index in [1.165, 1.54) is 0 Å². The molecule has 3 nitrogen and oxygen atoms in total. The van der Waals surface area contributed by atoms with Gasteiger partial charge in [0.1, 0.15) is 5.75 Å². The van der Waals surface area contributed by atoms with E-state index in [2.05, 4.69) is 0 Å². The molecule has 1 aliphatic rings. The first-order valence-corrected chi connectivity index (χ1v) is 8.19. The monoisotopic (exact) mass is 327 g/mol. The van der Waals surface area contributed by atoms with Crippen LogP contribution < -0.4 is 4.74 Å². The maximum atomic E-state index is 13.0. The third kappa shape index (κ3) is 2.74. The first-order chi connectivity index (χ1) is 12.3. The third-order valence-corrected chi connectivity index (χ3v) is 4.46. The highest BCUT2D eigenvalue weighted by Gasteiger charge is 2.37. The zero-order chi connectivity index (χ0) is 17.2. The number of Topliss-reactive ketones (excluding diaryl/α,β-unsaturated/α-hetero) is 1. The molecule has 0 spiro atoms. The van der Waals surface area contributed by atoms with Gasteiger partial charge in [0.05, 0.1) is 24.4 Å². The summed E-state index contributed by atoms with van der Waals surface area (Å²) in [6.45, 7) is 0. The van der Waals surface area contributed by atoms with Crippen molar-refractivity contribution >= 4 is 17.2 Å².